The van der Waals surface area contributed by atoms with E-state index in [0.717, 1.165) is 30.8 Å². The summed E-state index contributed by atoms with van der Waals surface area (Å²) in [5.41, 5.74) is 2.94. The van der Waals surface area contributed by atoms with Crippen molar-refractivity contribution < 1.29 is 9.47 Å². The van der Waals surface area contributed by atoms with E-state index in [2.05, 4.69) is 34.1 Å². The molecule has 0 aromatic heterocycles. The summed E-state index contributed by atoms with van der Waals surface area (Å²) in [5.74, 6) is 1.88. The van der Waals surface area contributed by atoms with Gasteiger partial charge in [0, 0.05) is 10.0 Å². The van der Waals surface area contributed by atoms with Gasteiger partial charge < -0.3 is 9.47 Å². The number of rotatable bonds is 1. The van der Waals surface area contributed by atoms with Crippen molar-refractivity contribution in [2.24, 2.45) is 0 Å². The zero-order valence-electron chi connectivity index (χ0n) is 11.7. The Morgan fingerprint density at radius 1 is 1.40 bits per heavy atom. The molecule has 0 amide bonds. The molecule has 20 heavy (non-hydrogen) atoms. The second kappa shape index (κ2) is 4.52. The second-order valence-corrected chi connectivity index (χ2v) is 6.93. The van der Waals surface area contributed by atoms with Crippen LogP contribution in [0.3, 0.4) is 0 Å². The smallest absolute Gasteiger partial charge is 0.166 e. The van der Waals surface area contributed by atoms with Gasteiger partial charge in [-0.25, -0.2) is 0 Å². The molecule has 1 aliphatic heterocycles. The Balaban J connectivity index is 2.03. The summed E-state index contributed by atoms with van der Waals surface area (Å²) in [6.07, 6.45) is 12.2. The normalized spacial score (nSPS) is 30.2. The maximum Gasteiger partial charge on any atom is 0.166 e. The molecule has 0 N–H and O–H groups in total. The number of methoxy groups -OCH3 is 1. The summed E-state index contributed by atoms with van der Waals surface area (Å²) in [6, 6.07) is 2.08. The molecule has 0 radical (unpaired) electrons. The van der Waals surface area contributed by atoms with Crippen molar-refractivity contribution >= 4 is 15.9 Å². The number of ether oxygens (including phenoxy) is 2. The first-order valence-corrected chi connectivity index (χ1v) is 8.30. The summed E-state index contributed by atoms with van der Waals surface area (Å²) in [6.45, 7) is 0. The minimum absolute atomic E-state index is 0.0937. The molecule has 0 bridgehead atoms. The van der Waals surface area contributed by atoms with Gasteiger partial charge in [-0.05, 0) is 43.7 Å². The lowest BCUT2D eigenvalue weighted by molar-refractivity contribution is 0.145. The Morgan fingerprint density at radius 3 is 3.15 bits per heavy atom. The van der Waals surface area contributed by atoms with Gasteiger partial charge in [-0.1, -0.05) is 34.5 Å². The first-order valence-electron chi connectivity index (χ1n) is 7.50. The summed E-state index contributed by atoms with van der Waals surface area (Å²) in [5, 5.41) is 0. The van der Waals surface area contributed by atoms with E-state index in [1.54, 1.807) is 7.11 Å². The topological polar surface area (TPSA) is 18.5 Å². The molecule has 2 aliphatic carbocycles. The van der Waals surface area contributed by atoms with Crippen molar-refractivity contribution in [1.82, 2.24) is 0 Å². The largest absolute Gasteiger partial charge is 0.493 e. The van der Waals surface area contributed by atoms with Gasteiger partial charge in [-0.15, -0.1) is 0 Å². The van der Waals surface area contributed by atoms with Crippen LogP contribution in [-0.2, 0) is 11.8 Å². The van der Waals surface area contributed by atoms with Crippen LogP contribution in [0.25, 0.3) is 0 Å². The predicted octanol–water partition coefficient (Wildman–Crippen LogP) is 4.53. The van der Waals surface area contributed by atoms with Crippen molar-refractivity contribution in [2.75, 3.05) is 7.11 Å². The SMILES string of the molecule is COc1cc(Br)c2c3c1OC1CCC=CC31CCCC2. The van der Waals surface area contributed by atoms with E-state index in [0.29, 0.717) is 6.10 Å². The van der Waals surface area contributed by atoms with E-state index in [1.165, 1.54) is 34.9 Å². The molecule has 3 heteroatoms. The molecule has 4 rings (SSSR count). The lowest BCUT2D eigenvalue weighted by Crippen LogP contribution is -2.38. The zero-order chi connectivity index (χ0) is 13.7. The molecule has 2 atom stereocenters. The van der Waals surface area contributed by atoms with Crippen LogP contribution in [0.4, 0.5) is 0 Å². The second-order valence-electron chi connectivity index (χ2n) is 6.08. The third kappa shape index (κ3) is 1.56. The van der Waals surface area contributed by atoms with Crippen molar-refractivity contribution in [1.29, 1.82) is 0 Å². The van der Waals surface area contributed by atoms with Crippen molar-refractivity contribution in [3.8, 4) is 11.5 Å². The number of hydrogen-bond donors (Lipinski definition) is 0. The molecule has 0 saturated heterocycles. The van der Waals surface area contributed by atoms with Crippen LogP contribution in [0.5, 0.6) is 11.5 Å². The molecule has 2 nitrogen and oxygen atoms in total. The molecular weight excluding hydrogens is 316 g/mol. The summed E-state index contributed by atoms with van der Waals surface area (Å²) in [7, 11) is 1.73. The fourth-order valence-electron chi connectivity index (χ4n) is 4.20. The highest BCUT2D eigenvalue weighted by Crippen LogP contribution is 2.57. The average molecular weight is 335 g/mol. The van der Waals surface area contributed by atoms with Gasteiger partial charge in [0.25, 0.3) is 0 Å². The Labute approximate surface area is 128 Å². The molecule has 1 aromatic rings. The number of benzene rings is 1. The van der Waals surface area contributed by atoms with Gasteiger partial charge in [0.2, 0.25) is 0 Å². The lowest BCUT2D eigenvalue weighted by Gasteiger charge is -2.34. The van der Waals surface area contributed by atoms with Crippen LogP contribution < -0.4 is 9.47 Å². The maximum absolute atomic E-state index is 6.36. The van der Waals surface area contributed by atoms with E-state index < -0.39 is 0 Å². The summed E-state index contributed by atoms with van der Waals surface area (Å²) < 4.78 is 13.1. The van der Waals surface area contributed by atoms with Gasteiger partial charge >= 0.3 is 0 Å². The van der Waals surface area contributed by atoms with Crippen molar-refractivity contribution in [3.05, 3.63) is 33.8 Å². The molecule has 3 aliphatic rings. The van der Waals surface area contributed by atoms with Crippen LogP contribution in [0, 0.1) is 0 Å². The first-order chi connectivity index (χ1) is 9.76. The average Bonchev–Trinajstić information content (AvgIpc) is 2.68. The predicted molar refractivity (Wildman–Crippen MR) is 82.7 cm³/mol. The van der Waals surface area contributed by atoms with Crippen molar-refractivity contribution in [3.63, 3.8) is 0 Å². The van der Waals surface area contributed by atoms with E-state index >= 15 is 0 Å². The van der Waals surface area contributed by atoms with Gasteiger partial charge in [-0.2, -0.15) is 0 Å². The molecule has 2 unspecified atom stereocenters. The highest BCUT2D eigenvalue weighted by atomic mass is 79.9. The minimum Gasteiger partial charge on any atom is -0.493 e. The summed E-state index contributed by atoms with van der Waals surface area (Å²) in [4.78, 5) is 0. The first kappa shape index (κ1) is 12.8. The van der Waals surface area contributed by atoms with Crippen LogP contribution >= 0.6 is 15.9 Å². The van der Waals surface area contributed by atoms with E-state index in [-0.39, 0.29) is 5.41 Å². The van der Waals surface area contributed by atoms with E-state index in [9.17, 15) is 0 Å². The maximum atomic E-state index is 6.36. The number of allylic oxidation sites excluding steroid dienone is 1. The van der Waals surface area contributed by atoms with E-state index in [4.69, 9.17) is 9.47 Å². The van der Waals surface area contributed by atoms with Gasteiger partial charge in [-0.3, -0.25) is 0 Å². The van der Waals surface area contributed by atoms with Gasteiger partial charge in [0.1, 0.15) is 6.10 Å². The van der Waals surface area contributed by atoms with Gasteiger partial charge in [0.05, 0.1) is 12.5 Å². The zero-order valence-corrected chi connectivity index (χ0v) is 13.3. The Kier molecular flexibility index (Phi) is 2.88. The van der Waals surface area contributed by atoms with Crippen LogP contribution in [-0.4, -0.2) is 13.2 Å². The minimum atomic E-state index is 0.0937. The lowest BCUT2D eigenvalue weighted by atomic mass is 9.69. The fraction of sp³-hybridized carbons (Fsp3) is 0.529. The third-order valence-electron chi connectivity index (χ3n) is 5.10. The molecule has 1 aromatic carbocycles. The highest BCUT2D eigenvalue weighted by molar-refractivity contribution is 9.10. The van der Waals surface area contributed by atoms with Crippen LogP contribution in [0.15, 0.2) is 22.7 Å². The fourth-order valence-corrected chi connectivity index (χ4v) is 4.80. The Hall–Kier alpha value is -0.960. The third-order valence-corrected chi connectivity index (χ3v) is 5.80. The quantitative estimate of drug-likeness (QED) is 0.702. The molecule has 0 fully saturated rings. The number of halogens is 1. The molecular formula is C17H19BrO2. The molecule has 1 spiro atoms. The Morgan fingerprint density at radius 2 is 2.30 bits per heavy atom. The summed E-state index contributed by atoms with van der Waals surface area (Å²) >= 11 is 3.75. The standard InChI is InChI=1S/C17H19BrO2/c1-19-13-10-12(18)11-6-2-4-8-17-9-5-3-7-14(17)20-16(13)15(11)17/h5,9-10,14H,2-4,6-8H2,1H3. The molecule has 0 saturated carbocycles. The Bertz CT molecular complexity index is 593. The van der Waals surface area contributed by atoms with Gasteiger partial charge in [0.15, 0.2) is 11.5 Å². The van der Waals surface area contributed by atoms with Crippen LogP contribution in [0.1, 0.15) is 43.2 Å². The monoisotopic (exact) mass is 334 g/mol. The van der Waals surface area contributed by atoms with Crippen molar-refractivity contribution in [2.45, 2.75) is 50.0 Å². The highest BCUT2D eigenvalue weighted by Gasteiger charge is 2.51. The number of hydrogen-bond acceptors (Lipinski definition) is 2. The molecule has 106 valence electrons. The van der Waals surface area contributed by atoms with Crippen LogP contribution in [0.2, 0.25) is 0 Å². The molecule has 1 heterocycles. The van der Waals surface area contributed by atoms with E-state index in [1.807, 2.05) is 0 Å².